The minimum atomic E-state index is -3.22. The third-order valence-corrected chi connectivity index (χ3v) is 22.4. The molecule has 0 bridgehead atoms. The van der Waals surface area contributed by atoms with Crippen LogP contribution in [0.25, 0.3) is 33.5 Å². The molecule has 0 atom stereocenters. The summed E-state index contributed by atoms with van der Waals surface area (Å²) in [5.41, 5.74) is 1.89. The van der Waals surface area contributed by atoms with E-state index >= 15 is 0 Å². The molecule has 3 N–H and O–H groups in total. The van der Waals surface area contributed by atoms with Crippen molar-refractivity contribution in [1.29, 1.82) is 1.34 Å². The molecular weight excluding hydrogens is 2520 g/mol. The molecule has 30 nitrogen and oxygen atoms in total. The van der Waals surface area contributed by atoms with Crippen molar-refractivity contribution in [3.63, 3.8) is 0 Å². The molecular formula is C92H143BCl10I2K2N15O15PU. The van der Waals surface area contributed by atoms with Crippen LogP contribution in [0.3, 0.4) is 0 Å². The van der Waals surface area contributed by atoms with Gasteiger partial charge >= 0.3 is 137 Å². The fraction of sp³-hybridized carbons (Fsp3) is 0.674. The van der Waals surface area contributed by atoms with E-state index < -0.39 is 32.0 Å². The molecule has 0 saturated carbocycles. The Kier molecular flexibility index (Phi) is 95.0. The minimum absolute atomic E-state index is 0. The molecule has 0 unspecified atom stereocenters. The standard InChI is InChI=1S/C28H46N4O4.C27H42Cl2N4O2.C22H36Cl2N4O.C13H15N3O4.CHCl3.CH2O3.BH.Cl3OP.I2.2K.U.H/c1-4-6-8-9-10-11-12-13-14-15-16-17-18-19-21-32-23(22-36-24(33)20-7-5-2)29-26-25(32)27(34)30-28(35)31(26)3;1-3-5-7-8-9-10-11-12-13-14-15-16-17-18-20-33-22(21-35-23(34)19-6-4-2)30-26-24(33)25(28)31-27(29)32-26;1-2-3-4-5-6-7-8-9-10-11-12-13-14-15-16-28-18(17-29)25-21-19(28)20(23)26-22(24)27-21;1-3-4-5-10(17)20-7-8-6-9-11(14-8)16(2)13(19)15-12(9)18;2-1(3)4;2-1-4-3;;1-5(2,3)4;1-2;;;;/h5H,2,4,6-22H2,1,3H3,(H,30,34,35);4H,2-3,5-21H2,1H3;29H,2-17H2,1H3;3H,1,4-7H2,2H3,(H,15,18,19);1H;1,3H;1H;;;;;;/q;;;;;;;;;2*+1;;-1/p-1/i;;;;;;1D;;;;;;. The largest absolute Gasteiger partial charge is 1.00 e. The fourth-order valence-corrected chi connectivity index (χ4v) is 15.5. The number of aliphatic hydroxyl groups excluding tert-OH is 1. The second kappa shape index (κ2) is 92.5. The Morgan fingerprint density at radius 2 is 0.763 bits per heavy atom. The van der Waals surface area contributed by atoms with Crippen LogP contribution in [-0.4, -0.2) is 124 Å². The van der Waals surface area contributed by atoms with Crippen LogP contribution in [-0.2, 0) is 103 Å². The zero-order valence-electron chi connectivity index (χ0n) is 84.1. The van der Waals surface area contributed by atoms with Gasteiger partial charge in [0.1, 0.15) is 60.8 Å². The number of allylic oxidation sites excluding steroid dienone is 3. The molecule has 139 heavy (non-hydrogen) atoms. The van der Waals surface area contributed by atoms with Crippen LogP contribution >= 0.6 is 157 Å². The number of aromatic amines is 2. The van der Waals surface area contributed by atoms with Crippen molar-refractivity contribution >= 4 is 235 Å². The maximum absolute atomic E-state index is 12.6. The second-order valence-electron chi connectivity index (χ2n) is 32.2. The van der Waals surface area contributed by atoms with E-state index in [9.17, 15) is 43.2 Å². The number of H-pyrrole nitrogens is 2. The molecule has 7 aromatic rings. The van der Waals surface area contributed by atoms with Crippen LogP contribution in [0.4, 0.5) is 5.82 Å². The van der Waals surface area contributed by atoms with E-state index in [4.69, 9.17) is 107 Å². The van der Waals surface area contributed by atoms with E-state index in [1.165, 1.54) is 241 Å². The predicted molar refractivity (Wildman–Crippen MR) is 575 cm³/mol. The van der Waals surface area contributed by atoms with Gasteiger partial charge in [0.05, 0.1) is 11.3 Å². The number of nitrogens with zero attached hydrogens (tertiary/aromatic N) is 13. The molecule has 47 heteroatoms. The van der Waals surface area contributed by atoms with Crippen molar-refractivity contribution in [1.82, 2.24) is 67.7 Å². The van der Waals surface area contributed by atoms with Gasteiger partial charge < -0.3 is 44.6 Å². The molecule has 0 aliphatic carbocycles. The second-order valence-corrected chi connectivity index (χ2v) is 42.2. The van der Waals surface area contributed by atoms with E-state index in [0.29, 0.717) is 100 Å². The normalized spacial score (nSPS) is 10.9. The van der Waals surface area contributed by atoms with Crippen molar-refractivity contribution in [3.8, 4) is 0 Å². The topological polar surface area (TPSA) is 393 Å². The smallest absolute Gasteiger partial charge is 1.00 e. The minimum Gasteiger partial charge on any atom is -1.00 e. The van der Waals surface area contributed by atoms with E-state index in [1.54, 1.807) is 29.8 Å². The van der Waals surface area contributed by atoms with Gasteiger partial charge in [0.15, 0.2) is 37.1 Å². The van der Waals surface area contributed by atoms with E-state index in [2.05, 4.69) is 175 Å². The average Bonchev–Trinajstić information content (AvgIpc) is 1.60. The van der Waals surface area contributed by atoms with Gasteiger partial charge in [0.2, 0.25) is 10.6 Å². The van der Waals surface area contributed by atoms with Crippen molar-refractivity contribution < 1.29 is 189 Å². The molecule has 0 saturated heterocycles. The maximum atomic E-state index is 12.6. The maximum Gasteiger partial charge on any atom is 1.00 e. The summed E-state index contributed by atoms with van der Waals surface area (Å²) in [7, 11) is 6.85. The van der Waals surface area contributed by atoms with Crippen LogP contribution in [0.5, 0.6) is 0 Å². The van der Waals surface area contributed by atoms with E-state index in [-0.39, 0.29) is 226 Å². The molecule has 7 aromatic heterocycles. The number of rotatable bonds is 62. The van der Waals surface area contributed by atoms with Gasteiger partial charge in [-0.05, 0) is 96.8 Å². The van der Waals surface area contributed by atoms with Crippen molar-refractivity contribution in [2.75, 3.05) is 6.61 Å². The van der Waals surface area contributed by atoms with Crippen LogP contribution in [0.15, 0.2) is 62.1 Å². The molecule has 0 amide bonds. The molecule has 774 valence electrons. The van der Waals surface area contributed by atoms with Crippen molar-refractivity contribution in [2.24, 2.45) is 19.1 Å². The number of carbonyl (C=O) groups is 4. The van der Waals surface area contributed by atoms with Crippen molar-refractivity contribution in [3.05, 3.63) is 124 Å². The first-order chi connectivity index (χ1) is 65.9. The number of fused-ring (bicyclic) bond motifs is 4. The quantitative estimate of drug-likeness (QED) is 0.00254. The number of nitrogens with one attached hydrogen (secondary N) is 2. The number of ether oxygens (including phenoxy) is 3. The number of unbranched alkanes of at least 4 members (excludes halogenated alkanes) is 39. The van der Waals surface area contributed by atoms with Gasteiger partial charge in [-0.2, -0.15) is 9.97 Å². The number of hydrogen-bond acceptors (Lipinski definition) is 23. The summed E-state index contributed by atoms with van der Waals surface area (Å²) < 4.78 is 38.1. The average molecular weight is 2670 g/mol. The summed E-state index contributed by atoms with van der Waals surface area (Å²) >= 11 is 56.9. The Morgan fingerprint density at radius 3 is 1.07 bits per heavy atom. The van der Waals surface area contributed by atoms with Crippen molar-refractivity contribution in [2.45, 2.75) is 379 Å². The molecule has 8 heterocycles. The number of aryl methyl sites for hydroxylation is 4. The van der Waals surface area contributed by atoms with Gasteiger partial charge in [-0.15, -0.1) is 19.7 Å². The first-order valence-electron chi connectivity index (χ1n) is 47.6. The number of alkyl halides is 3. The zero-order chi connectivity index (χ0) is 103. The first-order valence-corrected chi connectivity index (χ1v) is 60.5. The Labute approximate surface area is 1010 Å². The molecule has 0 fully saturated rings. The molecule has 8 rings (SSSR count). The SMILES string of the molecule is C=CCCC(=O)OCC1=Nc2c(c(=O)[nH]c(=O)n2C)C1.C=CCCC(=O)OCc1nc2c(c(=O)[nH]c(=O)n2C)n1CCCCCCCCCCCCCCCC.C=CCCC(=O)OCc1nc2nc(Cl)nc(Cl)c2n1CCCCCCCCCCCCCCCC.CCCCCCCCCCCCCCCCn1c(CO)nc2nc(Cl)nc(Cl)c21.ClC(Cl)Cl.II.O=CO[O-].O=P(Cl)(Cl)Cl.[2H][B].[H-].[K+].[K+].[U]. The number of carbonyl (C=O) groups excluding carboxylic acids is 4. The number of aliphatic hydroxyl groups is 1. The number of imidazole rings is 3. The third kappa shape index (κ3) is 67.5. The fourth-order valence-electron chi connectivity index (χ4n) is 14.5. The number of esters is 3. The first kappa shape index (κ1) is 143. The van der Waals surface area contributed by atoms with Crippen LogP contribution < -0.4 is 131 Å². The number of hydrogen-bond donors (Lipinski definition) is 3. The number of halogens is 12. The Bertz CT molecular complexity index is 4890. The number of aliphatic imine (C=N–C) groups is 1. The Hall–Kier alpha value is -0.400. The third-order valence-electron chi connectivity index (χ3n) is 21.5. The molecule has 0 aromatic carbocycles. The van der Waals surface area contributed by atoms with E-state index in [1.807, 2.05) is 9.13 Å². The van der Waals surface area contributed by atoms with Gasteiger partial charge in [0, 0.05) is 136 Å². The zero-order valence-corrected chi connectivity index (χ0v) is 105. The number of aromatic nitrogens is 14. The molecule has 2 radical (unpaired) electrons. The molecule has 1 aliphatic heterocycles. The summed E-state index contributed by atoms with van der Waals surface area (Å²) in [5, 5.41) is 15.5. The monoisotopic (exact) mass is 2660 g/mol. The van der Waals surface area contributed by atoms with Crippen LogP contribution in [0.1, 0.15) is 353 Å². The van der Waals surface area contributed by atoms with Gasteiger partial charge in [0.25, 0.3) is 17.6 Å². The summed E-state index contributed by atoms with van der Waals surface area (Å²) in [6.45, 7) is 19.4. The summed E-state index contributed by atoms with van der Waals surface area (Å²) in [5.74, 6) is 1.02. The predicted octanol–water partition coefficient (Wildman–Crippen LogP) is 20.3. The van der Waals surface area contributed by atoms with Crippen LogP contribution in [0, 0.1) is 31.1 Å². The summed E-state index contributed by atoms with van der Waals surface area (Å²) in [6.07, 6.45) is 62.6. The summed E-state index contributed by atoms with van der Waals surface area (Å²) in [6, 6.07) is 0. The summed E-state index contributed by atoms with van der Waals surface area (Å²) in [4.78, 5) is 133. The molecule has 0 spiro atoms. The molecule has 1 aliphatic rings. The van der Waals surface area contributed by atoms with Crippen LogP contribution in [0.2, 0.25) is 20.9 Å². The van der Waals surface area contributed by atoms with Gasteiger partial charge in [-0.3, -0.25) is 52.4 Å². The Balaban J connectivity index is -0.000000554. The van der Waals surface area contributed by atoms with Gasteiger partial charge in [-0.1, -0.05) is 347 Å². The van der Waals surface area contributed by atoms with E-state index in [0.717, 1.165) is 58.0 Å². The van der Waals surface area contributed by atoms with Gasteiger partial charge in [-0.25, -0.2) is 39.5 Å². The Morgan fingerprint density at radius 1 is 0.489 bits per heavy atom.